The van der Waals surface area contributed by atoms with E-state index < -0.39 is 39.4 Å². The van der Waals surface area contributed by atoms with Crippen molar-refractivity contribution in [2.24, 2.45) is 4.99 Å². The van der Waals surface area contributed by atoms with Gasteiger partial charge in [-0.15, -0.1) is 24.8 Å². The normalized spacial score (nSPS) is 16.7. The Bertz CT molecular complexity index is 5480. The number of fused-ring (bicyclic) bond motifs is 9. The van der Waals surface area contributed by atoms with E-state index in [2.05, 4.69) is 196 Å². The van der Waals surface area contributed by atoms with Crippen LogP contribution >= 0.6 is 48.0 Å². The van der Waals surface area contributed by atoms with Crippen LogP contribution in [0.5, 0.6) is 0 Å². The van der Waals surface area contributed by atoms with Crippen molar-refractivity contribution in [1.82, 2.24) is 9.80 Å². The maximum Gasteiger partial charge on any atom is 1.00 e. The number of anilines is 2. The van der Waals surface area contributed by atoms with E-state index in [1.165, 1.54) is 78.7 Å². The van der Waals surface area contributed by atoms with Crippen molar-refractivity contribution in [2.75, 3.05) is 70.1 Å². The summed E-state index contributed by atoms with van der Waals surface area (Å²) in [5.74, 6) is -3.35. The van der Waals surface area contributed by atoms with Gasteiger partial charge in [0.2, 0.25) is 11.4 Å². The maximum absolute atomic E-state index is 11.9. The number of hydrogen-bond acceptors (Lipinski definition) is 13. The molecule has 13 rings (SSSR count). The number of allylic oxidation sites excluding steroid dienone is 4. The number of aliphatic carboxylic acids is 4. The Labute approximate surface area is 771 Å². The van der Waals surface area contributed by atoms with Gasteiger partial charge in [-0.25, -0.2) is 8.42 Å². The number of nitrogens with zero attached hydrogens (tertiary/aromatic N) is 6. The summed E-state index contributed by atoms with van der Waals surface area (Å²) in [4.78, 5) is 53.0. The Kier molecular flexibility index (Phi) is 39.5. The molecular weight excluding hydrogens is 1670 g/mol. The number of aliphatic imine (C=N–C) groups is 1. The molecule has 0 aromatic heterocycles. The molecule has 8 aromatic carbocycles. The second kappa shape index (κ2) is 46.1. The second-order valence-electron chi connectivity index (χ2n) is 32.4. The van der Waals surface area contributed by atoms with Crippen LogP contribution in [0.4, 0.5) is 28.4 Å². The van der Waals surface area contributed by atoms with Crippen LogP contribution in [-0.4, -0.2) is 149 Å². The van der Waals surface area contributed by atoms with E-state index in [9.17, 15) is 37.6 Å². The molecule has 0 bridgehead atoms. The average Bonchev–Trinajstić information content (AvgIpc) is 1.59. The van der Waals surface area contributed by atoms with E-state index in [4.69, 9.17) is 38.2 Å². The number of para-hydroxylation sites is 2. The summed E-state index contributed by atoms with van der Waals surface area (Å²) in [7, 11) is -0.471. The Morgan fingerprint density at radius 2 is 1.02 bits per heavy atom. The zero-order valence-corrected chi connectivity index (χ0v) is 78.4. The number of likely N-dealkylation sites (N-methyl/N-ethyl adjacent to an activating group) is 2. The summed E-state index contributed by atoms with van der Waals surface area (Å²) in [6, 6.07) is 50.6. The van der Waals surface area contributed by atoms with E-state index in [1.54, 1.807) is 6.07 Å². The van der Waals surface area contributed by atoms with Gasteiger partial charge >= 0.3 is 47.5 Å². The molecule has 4 N–H and O–H groups in total. The number of carbonyl (C=O) groups excluding carboxylic acids is 1. The van der Waals surface area contributed by atoms with Gasteiger partial charge in [0, 0.05) is 177 Å². The molecule has 0 saturated carbocycles. The first-order valence-electron chi connectivity index (χ1n) is 39.9. The van der Waals surface area contributed by atoms with Crippen molar-refractivity contribution < 1.29 is 110 Å². The Hall–Kier alpha value is -7.96. The van der Waals surface area contributed by atoms with E-state index in [-0.39, 0.29) is 115 Å². The van der Waals surface area contributed by atoms with Crippen molar-refractivity contribution in [3.05, 3.63) is 248 Å². The van der Waals surface area contributed by atoms with Crippen LogP contribution in [0.2, 0.25) is 0 Å². The summed E-state index contributed by atoms with van der Waals surface area (Å²) >= 11 is 14.0. The third kappa shape index (κ3) is 26.1. The van der Waals surface area contributed by atoms with E-state index in [0.29, 0.717) is 42.9 Å². The first-order chi connectivity index (χ1) is 55.1. The van der Waals surface area contributed by atoms with Crippen LogP contribution in [0.15, 0.2) is 230 Å². The molecule has 639 valence electrons. The fraction of sp³-hybridized carbons (Fsp3) is 0.365. The van der Waals surface area contributed by atoms with Gasteiger partial charge in [0.05, 0.1) is 26.4 Å². The van der Waals surface area contributed by atoms with Crippen molar-refractivity contribution in [3.8, 4) is 0 Å². The van der Waals surface area contributed by atoms with Gasteiger partial charge in [0.15, 0.2) is 11.4 Å². The van der Waals surface area contributed by atoms with Gasteiger partial charge in [-0.05, 0) is 217 Å². The van der Waals surface area contributed by atoms with Crippen LogP contribution in [0.3, 0.4) is 0 Å². The van der Waals surface area contributed by atoms with Crippen molar-refractivity contribution >= 4 is 160 Å². The number of benzene rings is 8. The van der Waals surface area contributed by atoms with E-state index >= 15 is 0 Å². The van der Waals surface area contributed by atoms with Gasteiger partial charge in [0.1, 0.15) is 23.2 Å². The molecule has 0 fully saturated rings. The van der Waals surface area contributed by atoms with Crippen molar-refractivity contribution in [3.63, 3.8) is 0 Å². The molecule has 5 aliphatic heterocycles. The number of carbonyl (C=O) groups is 4. The predicted octanol–water partition coefficient (Wildman–Crippen LogP) is 17.7. The first kappa shape index (κ1) is 104. The largest absolute Gasteiger partial charge is 1.00 e. The average molecular weight is 1790 g/mol. The minimum absolute atomic E-state index is 0. The second-order valence-corrected chi connectivity index (χ2v) is 34.6. The Morgan fingerprint density at radius 3 is 1.56 bits per heavy atom. The van der Waals surface area contributed by atoms with Gasteiger partial charge in [-0.2, -0.15) is 9.15 Å². The standard InChI is InChI=1S/C51H58ClN3O7S.C22H27NO2.C20H20ClN3.C2H4O2.CH4.2ClH.Na.V/c1-33-15-21-39-34(29-33)16-23-41-47(39)50(2,3)43(54(41)27-11-7-9-13-45(56)57)25-18-36-31-53(6)32-37(49(36)52)19-26-44-51(4,5)48-40-22-20-38(63(60,61)62)30-35(40)17-24-42(48)55(44)28-12-8-10-14-46(58)59;1-15-9-11-18-17(14-15)10-12-19-21(18)22(3,4)16(2)23(19)13-7-5-6-8-20(24)25;1-24-14-16(12-22-18-8-4-2-5-9-18)20(21)17(15-24)13-23-19-10-6-3-7-11-19;1-2(3)4;;;;;/h15-26,29-30H,7-14,27-28,31-32H2,1-6H3,(H2-,56,57,58,59,60,61,62);9-12,14H,5-8,13H2,1-4H3;2-13,22H,14-15H2,1H3;1H3,(H,3,4);1H4;2*1H;;/q;;;;;;;+1;/b;;16-12+,23-13?;;;;;;. The maximum atomic E-state index is 11.9. The summed E-state index contributed by atoms with van der Waals surface area (Å²) in [6.07, 6.45) is 20.2. The van der Waals surface area contributed by atoms with Crippen LogP contribution in [0, 0.1) is 13.8 Å². The van der Waals surface area contributed by atoms with Gasteiger partial charge in [-0.3, -0.25) is 29.2 Å². The Morgan fingerprint density at radius 1 is 0.554 bits per heavy atom. The zero-order chi connectivity index (χ0) is 84.0. The molecule has 0 unspecified atom stereocenters. The minimum Gasteiger partial charge on any atom is -0.744 e. The molecule has 5 heterocycles. The SMILES string of the molecule is C.CC(=O)[O-].CC1=[N+](CCCCCC(=O)O)c2ccc3cc(C)ccc3c2C1(C)C.CN1CC(C=Nc2ccccc2)=C(Cl)/C(=C/Nc2ccccc2)C1.Cc1ccc2c3c(ccc2c1)[N+](CCCCCC(=O)O)=C(/C=C/C1=C(Cl)C(=C/C=C2/N(CCCCCC(=O)O)c4ccc5cc(S(=O)(=O)[O-])ccc5c4C2(C)C)/CN(C)C1)C3(C)C.Cl.Cl.[Na+].[V]. The summed E-state index contributed by atoms with van der Waals surface area (Å²) in [5.41, 5.74) is 18.5. The molecule has 5 aliphatic rings. The Balaban J connectivity index is 0.000000368. The first-order valence-corrected chi connectivity index (χ1v) is 42.0. The van der Waals surface area contributed by atoms with Gasteiger partial charge in [-0.1, -0.05) is 153 Å². The molecule has 0 atom stereocenters. The van der Waals surface area contributed by atoms with Crippen LogP contribution < -0.4 is 44.9 Å². The third-order valence-corrected chi connectivity index (χ3v) is 24.2. The molecule has 25 heteroatoms. The number of carboxylic acids is 4. The topological polar surface area (TPSA) is 249 Å². The van der Waals surface area contributed by atoms with Crippen molar-refractivity contribution in [1.29, 1.82) is 0 Å². The van der Waals surface area contributed by atoms with Crippen LogP contribution in [0.1, 0.15) is 168 Å². The molecule has 8 aromatic rings. The third-order valence-electron chi connectivity index (χ3n) is 22.4. The number of carboxylic acid groups (broad SMARTS) is 4. The zero-order valence-electron chi connectivity index (χ0n) is 71.1. The molecular formula is C96H115Cl4N7NaO11SV+. The molecule has 0 spiro atoms. The number of nitrogens with one attached hydrogen (secondary N) is 1. The molecule has 0 saturated heterocycles. The number of rotatable bonds is 26. The molecule has 121 heavy (non-hydrogen) atoms. The van der Waals surface area contributed by atoms with Crippen LogP contribution in [-0.2, 0) is 64.1 Å². The van der Waals surface area contributed by atoms with E-state index in [1.807, 2.05) is 85.2 Å². The molecule has 18 nitrogen and oxygen atoms in total. The summed E-state index contributed by atoms with van der Waals surface area (Å²) < 4.78 is 40.6. The van der Waals surface area contributed by atoms with Crippen LogP contribution in [0.25, 0.3) is 32.3 Å². The molecule has 0 amide bonds. The van der Waals surface area contributed by atoms with Gasteiger partial charge in [0.25, 0.3) is 0 Å². The monoisotopic (exact) mass is 1790 g/mol. The quantitative estimate of drug-likeness (QED) is 0.0129. The number of aryl methyl sites for hydroxylation is 2. The smallest absolute Gasteiger partial charge is 0.744 e. The minimum atomic E-state index is -4.63. The fourth-order valence-corrected chi connectivity index (χ4v) is 17.5. The van der Waals surface area contributed by atoms with Gasteiger partial charge < -0.3 is 40.0 Å². The number of halogens is 4. The van der Waals surface area contributed by atoms with E-state index in [0.717, 1.165) is 139 Å². The number of hydrogen-bond donors (Lipinski definition) is 4. The molecule has 1 radical (unpaired) electrons. The fourth-order valence-electron chi connectivity index (χ4n) is 16.6. The summed E-state index contributed by atoms with van der Waals surface area (Å²) in [5, 5.41) is 47.5. The van der Waals surface area contributed by atoms with Crippen molar-refractivity contribution in [2.45, 2.75) is 175 Å². The molecule has 0 aliphatic carbocycles. The predicted molar refractivity (Wildman–Crippen MR) is 490 cm³/mol. The number of unbranched alkanes of at least 4 members (excludes halogenated alkanes) is 6. The summed E-state index contributed by atoms with van der Waals surface area (Å²) in [6.45, 7) is 26.2.